The first-order chi connectivity index (χ1) is 20.3. The molecule has 0 bridgehead atoms. The highest BCUT2D eigenvalue weighted by Gasteiger charge is 2.52. The normalized spacial score (nSPS) is 35.8. The Labute approximate surface area is 245 Å². The van der Waals surface area contributed by atoms with Gasteiger partial charge in [-0.3, -0.25) is 9.80 Å². The summed E-state index contributed by atoms with van der Waals surface area (Å²) in [4.78, 5) is 29.2. The summed E-state index contributed by atoms with van der Waals surface area (Å²) >= 11 is 0. The Morgan fingerprint density at radius 1 is 1.17 bits per heavy atom. The number of aliphatic hydroxyl groups is 1. The van der Waals surface area contributed by atoms with Gasteiger partial charge in [0.1, 0.15) is 24.1 Å². The number of amides is 2. The number of aryl methyl sites for hydroxylation is 1. The molecule has 2 unspecified atom stereocenters. The van der Waals surface area contributed by atoms with Crippen molar-refractivity contribution in [1.82, 2.24) is 30.4 Å². The van der Waals surface area contributed by atoms with Crippen molar-refractivity contribution < 1.29 is 19.0 Å². The minimum absolute atomic E-state index is 0.136. The van der Waals surface area contributed by atoms with Gasteiger partial charge < -0.3 is 25.4 Å². The lowest BCUT2D eigenvalue weighted by Gasteiger charge is -2.46. The van der Waals surface area contributed by atoms with E-state index in [0.717, 1.165) is 68.7 Å². The number of aliphatic hydroxyl groups excluding tert-OH is 1. The van der Waals surface area contributed by atoms with E-state index < -0.39 is 17.9 Å². The number of ether oxygens (including phenoxy) is 1. The highest BCUT2D eigenvalue weighted by Crippen LogP contribution is 2.48. The molecule has 8 rings (SSSR count). The number of carbonyl (C=O) groups excluding carboxylic acids is 1. The number of nitrogens with one attached hydrogen (secondary N) is 2. The summed E-state index contributed by atoms with van der Waals surface area (Å²) in [6, 6.07) is 8.74. The van der Waals surface area contributed by atoms with Gasteiger partial charge in [-0.25, -0.2) is 9.18 Å². The number of nitrogens with zero attached hydrogens (tertiary/aromatic N) is 5. The van der Waals surface area contributed by atoms with Crippen LogP contribution in [0.3, 0.4) is 0 Å². The Hall–Kier alpha value is -3.02. The zero-order valence-corrected chi connectivity index (χ0v) is 24.2. The second-order valence-electron chi connectivity index (χ2n) is 13.5. The van der Waals surface area contributed by atoms with Gasteiger partial charge in [-0.05, 0) is 63.2 Å². The Kier molecular flexibility index (Phi) is 6.01. The molecule has 1 aliphatic carbocycles. The molecule has 6 heterocycles. The molecule has 3 N–H and O–H groups in total. The number of hydrogen-bond donors (Lipinski definition) is 3. The molecule has 0 radical (unpaired) electrons. The van der Waals surface area contributed by atoms with E-state index in [1.165, 1.54) is 11.1 Å². The van der Waals surface area contributed by atoms with Crippen molar-refractivity contribution in [3.05, 3.63) is 46.6 Å². The molecular formula is C31H40FN7O3. The minimum atomic E-state index is -0.967. The maximum absolute atomic E-state index is 14.5. The van der Waals surface area contributed by atoms with Crippen LogP contribution in [0.15, 0.2) is 24.3 Å². The molecule has 4 saturated heterocycles. The number of carbonyl (C=O) groups is 1. The average molecular weight is 578 g/mol. The molecule has 5 aliphatic heterocycles. The molecule has 1 aromatic carbocycles. The van der Waals surface area contributed by atoms with Crippen LogP contribution in [0, 0.1) is 0 Å². The first-order valence-corrected chi connectivity index (χ1v) is 15.5. The molecule has 11 heteroatoms. The predicted molar refractivity (Wildman–Crippen MR) is 154 cm³/mol. The number of benzene rings is 1. The molecule has 0 saturated carbocycles. The largest absolute Gasteiger partial charge is 0.461 e. The first-order valence-electron chi connectivity index (χ1n) is 15.5. The molecule has 224 valence electrons. The molecule has 5 atom stereocenters. The number of rotatable bonds is 4. The summed E-state index contributed by atoms with van der Waals surface area (Å²) in [5.74, 6) is 0.811. The predicted octanol–water partition coefficient (Wildman–Crippen LogP) is 2.23. The highest BCUT2D eigenvalue weighted by atomic mass is 19.1. The fourth-order valence-electron chi connectivity index (χ4n) is 9.01. The van der Waals surface area contributed by atoms with Crippen LogP contribution < -0.4 is 20.3 Å². The number of piperidine rings is 1. The van der Waals surface area contributed by atoms with E-state index in [4.69, 9.17) is 14.7 Å². The quantitative estimate of drug-likeness (QED) is 0.508. The second-order valence-corrected chi connectivity index (χ2v) is 13.5. The monoisotopic (exact) mass is 577 g/mol. The molecule has 10 nitrogen and oxygen atoms in total. The number of hydrogen-bond acceptors (Lipinski definition) is 8. The third-order valence-electron chi connectivity index (χ3n) is 11.2. The molecule has 1 aromatic heterocycles. The van der Waals surface area contributed by atoms with Gasteiger partial charge in [0.15, 0.2) is 6.23 Å². The van der Waals surface area contributed by atoms with Crippen molar-refractivity contribution in [2.75, 3.05) is 44.7 Å². The van der Waals surface area contributed by atoms with Crippen LogP contribution in [0.2, 0.25) is 0 Å². The Morgan fingerprint density at radius 2 is 2.02 bits per heavy atom. The fraction of sp³-hybridized carbons (Fsp3) is 0.645. The van der Waals surface area contributed by atoms with E-state index >= 15 is 0 Å². The Balaban J connectivity index is 1.17. The van der Waals surface area contributed by atoms with Gasteiger partial charge in [-0.1, -0.05) is 24.3 Å². The molecular weight excluding hydrogens is 537 g/mol. The summed E-state index contributed by atoms with van der Waals surface area (Å²) < 4.78 is 20.9. The highest BCUT2D eigenvalue weighted by molar-refractivity contribution is 5.78. The van der Waals surface area contributed by atoms with Crippen molar-refractivity contribution in [3.63, 3.8) is 0 Å². The SMILES string of the molecule is CN1Cc2c(nc(OC[C@@]34CCCN3CC(F)C4)nc2N2CCC[C@]3(C2)NC(=O)NC3O)C[C@]12CCc1ccccc12. The number of urea groups is 1. The molecule has 2 amide bonds. The number of alkyl halides is 1. The van der Waals surface area contributed by atoms with E-state index in [1.54, 1.807) is 0 Å². The van der Waals surface area contributed by atoms with Gasteiger partial charge in [0, 0.05) is 44.6 Å². The van der Waals surface area contributed by atoms with E-state index in [1.807, 2.05) is 0 Å². The lowest BCUT2D eigenvalue weighted by atomic mass is 9.80. The van der Waals surface area contributed by atoms with E-state index in [0.29, 0.717) is 45.1 Å². The second kappa shape index (κ2) is 9.49. The maximum Gasteiger partial charge on any atom is 0.318 e. The van der Waals surface area contributed by atoms with Gasteiger partial charge in [-0.15, -0.1) is 0 Å². The van der Waals surface area contributed by atoms with Crippen molar-refractivity contribution in [1.29, 1.82) is 0 Å². The van der Waals surface area contributed by atoms with Gasteiger partial charge in [0.2, 0.25) is 0 Å². The van der Waals surface area contributed by atoms with Crippen molar-refractivity contribution in [3.8, 4) is 6.01 Å². The summed E-state index contributed by atoms with van der Waals surface area (Å²) in [5.41, 5.74) is 3.65. The van der Waals surface area contributed by atoms with Gasteiger partial charge in [-0.2, -0.15) is 9.97 Å². The van der Waals surface area contributed by atoms with Crippen LogP contribution >= 0.6 is 0 Å². The standard InChI is InChI=1S/C31H40FN7O3/c1-37-17-22-24(15-31(37)11-8-20-6-2-3-7-23(20)31)33-28(42-19-29-9-4-13-39(29)16-21(32)14-29)34-25(22)38-12-5-10-30(18-38)26(40)35-27(41)36-30/h2-3,6-7,21,26,40H,4-5,8-19H2,1H3,(H2,35,36,41)/t21?,26?,29-,30+,31-/m0/s1. The fourth-order valence-corrected chi connectivity index (χ4v) is 9.01. The number of aromatic nitrogens is 2. The average Bonchev–Trinajstić information content (AvgIpc) is 3.69. The van der Waals surface area contributed by atoms with Crippen molar-refractivity contribution in [2.45, 2.75) is 86.9 Å². The van der Waals surface area contributed by atoms with Crippen molar-refractivity contribution in [2.24, 2.45) is 0 Å². The van der Waals surface area contributed by atoms with Crippen LogP contribution in [0.25, 0.3) is 0 Å². The van der Waals surface area contributed by atoms with Crippen LogP contribution in [-0.2, 0) is 24.9 Å². The van der Waals surface area contributed by atoms with Crippen LogP contribution in [0.5, 0.6) is 6.01 Å². The maximum atomic E-state index is 14.5. The molecule has 2 aromatic rings. The zero-order valence-electron chi connectivity index (χ0n) is 24.2. The first kappa shape index (κ1) is 26.6. The minimum Gasteiger partial charge on any atom is -0.461 e. The lowest BCUT2D eigenvalue weighted by molar-refractivity contribution is 0.0701. The van der Waals surface area contributed by atoms with E-state index in [9.17, 15) is 14.3 Å². The Bertz CT molecular complexity index is 1430. The molecule has 6 aliphatic rings. The smallest absolute Gasteiger partial charge is 0.318 e. The third-order valence-corrected chi connectivity index (χ3v) is 11.2. The van der Waals surface area contributed by atoms with Gasteiger partial charge in [0.05, 0.1) is 16.8 Å². The van der Waals surface area contributed by atoms with Crippen LogP contribution in [0.1, 0.15) is 60.9 Å². The summed E-state index contributed by atoms with van der Waals surface area (Å²) in [6.07, 6.45) is 5.00. The van der Waals surface area contributed by atoms with E-state index in [-0.39, 0.29) is 17.1 Å². The topological polar surface area (TPSA) is 106 Å². The van der Waals surface area contributed by atoms with Gasteiger partial charge in [0.25, 0.3) is 0 Å². The van der Waals surface area contributed by atoms with Crippen LogP contribution in [-0.4, -0.2) is 94.2 Å². The number of halogens is 1. The Morgan fingerprint density at radius 3 is 2.88 bits per heavy atom. The molecule has 4 fully saturated rings. The third kappa shape index (κ3) is 3.96. The zero-order chi connectivity index (χ0) is 28.7. The summed E-state index contributed by atoms with van der Waals surface area (Å²) in [7, 11) is 2.20. The molecule has 42 heavy (non-hydrogen) atoms. The van der Waals surface area contributed by atoms with E-state index in [2.05, 4.69) is 56.6 Å². The number of likely N-dealkylation sites (N-methyl/N-ethyl adjacent to an activating group) is 1. The number of anilines is 1. The number of fused-ring (bicyclic) bond motifs is 4. The lowest BCUT2D eigenvalue weighted by Crippen LogP contribution is -2.60. The summed E-state index contributed by atoms with van der Waals surface area (Å²) in [6.45, 7) is 3.65. The molecule has 2 spiro atoms. The van der Waals surface area contributed by atoms with Crippen LogP contribution in [0.4, 0.5) is 15.0 Å². The van der Waals surface area contributed by atoms with Crippen molar-refractivity contribution >= 4 is 11.8 Å². The van der Waals surface area contributed by atoms with Gasteiger partial charge >= 0.3 is 12.0 Å². The summed E-state index contributed by atoms with van der Waals surface area (Å²) in [5, 5.41) is 16.4.